The minimum Gasteiger partial charge on any atom is -0.381 e. The predicted octanol–water partition coefficient (Wildman–Crippen LogP) is 0.607. The van der Waals surface area contributed by atoms with Gasteiger partial charge in [0.2, 0.25) is 0 Å². The van der Waals surface area contributed by atoms with Crippen molar-refractivity contribution in [2.75, 3.05) is 71.0 Å². The molecule has 0 saturated carbocycles. The summed E-state index contributed by atoms with van der Waals surface area (Å²) >= 11 is 0. The molecule has 0 bridgehead atoms. The van der Waals surface area contributed by atoms with E-state index in [1.54, 1.807) is 0 Å². The highest BCUT2D eigenvalue weighted by atomic mass is 19.1. The van der Waals surface area contributed by atoms with Gasteiger partial charge in [-0.25, -0.2) is 9.07 Å². The standard InChI is InChI=1S/C24H41FN8O2/c1-30-8-3-17(4-9-30)35-18-5-11-32(12-6-18)20-7-10-31(2)15-19(20)28-24(34)21-22(26)29-33-14-16(25)13-27-23(21)33/h16-20,27H,3-15H2,1-2H3,(H2,26,29)(H,28,34). The monoisotopic (exact) mass is 492 g/mol. The summed E-state index contributed by atoms with van der Waals surface area (Å²) in [5.74, 6) is 0.424. The van der Waals surface area contributed by atoms with Crippen LogP contribution in [0, 0.1) is 0 Å². The third-order valence-corrected chi connectivity index (χ3v) is 8.16. The lowest BCUT2D eigenvalue weighted by Crippen LogP contribution is -2.61. The van der Waals surface area contributed by atoms with Gasteiger partial charge in [-0.1, -0.05) is 0 Å². The number of carbonyl (C=O) groups excluding carboxylic acids is 1. The molecule has 3 saturated heterocycles. The number of amides is 1. The van der Waals surface area contributed by atoms with Crippen LogP contribution in [-0.4, -0.2) is 121 Å². The van der Waals surface area contributed by atoms with Crippen molar-refractivity contribution < 1.29 is 13.9 Å². The Labute approximate surface area is 207 Å². The first-order valence-electron chi connectivity index (χ1n) is 13.2. The quantitative estimate of drug-likeness (QED) is 0.549. The van der Waals surface area contributed by atoms with Crippen LogP contribution < -0.4 is 16.4 Å². The third kappa shape index (κ3) is 5.58. The zero-order valence-corrected chi connectivity index (χ0v) is 21.1. The van der Waals surface area contributed by atoms with Crippen molar-refractivity contribution in [1.82, 2.24) is 29.8 Å². The number of likely N-dealkylation sites (N-methyl/N-ethyl adjacent to an activating group) is 1. The van der Waals surface area contributed by atoms with Crippen LogP contribution in [0.4, 0.5) is 16.0 Å². The first-order valence-corrected chi connectivity index (χ1v) is 13.2. The van der Waals surface area contributed by atoms with Gasteiger partial charge in [-0.2, -0.15) is 5.10 Å². The molecule has 5 heterocycles. The number of anilines is 2. The van der Waals surface area contributed by atoms with E-state index in [0.29, 0.717) is 23.6 Å². The topological polar surface area (TPSA) is 104 Å². The Morgan fingerprint density at radius 3 is 2.40 bits per heavy atom. The summed E-state index contributed by atoms with van der Waals surface area (Å²) < 4.78 is 21.7. The number of alkyl halides is 1. The fourth-order valence-corrected chi connectivity index (χ4v) is 6.13. The normalized spacial score (nSPS) is 30.1. The van der Waals surface area contributed by atoms with Gasteiger partial charge in [0.1, 0.15) is 17.6 Å². The Bertz CT molecular complexity index is 881. The molecular weight excluding hydrogens is 451 g/mol. The molecule has 196 valence electrons. The number of likely N-dealkylation sites (tertiary alicyclic amines) is 3. The number of aromatic nitrogens is 2. The second-order valence-electron chi connectivity index (χ2n) is 10.8. The summed E-state index contributed by atoms with van der Waals surface area (Å²) in [6, 6.07) is 0.260. The second kappa shape index (κ2) is 10.6. The van der Waals surface area contributed by atoms with Gasteiger partial charge in [-0.05, 0) is 52.7 Å². The summed E-state index contributed by atoms with van der Waals surface area (Å²) in [4.78, 5) is 20.5. The number of nitrogens with one attached hydrogen (secondary N) is 2. The highest BCUT2D eigenvalue weighted by Gasteiger charge is 2.37. The lowest BCUT2D eigenvalue weighted by atomic mass is 9.94. The second-order valence-corrected chi connectivity index (χ2v) is 10.8. The smallest absolute Gasteiger partial charge is 0.259 e. The van der Waals surface area contributed by atoms with Crippen LogP contribution in [0.3, 0.4) is 0 Å². The number of nitrogen functional groups attached to an aromatic ring is 1. The first-order chi connectivity index (χ1) is 16.9. The number of halogens is 1. The highest BCUT2D eigenvalue weighted by Crippen LogP contribution is 2.28. The molecule has 0 spiro atoms. The molecule has 0 aromatic carbocycles. The number of hydrogen-bond donors (Lipinski definition) is 3. The maximum Gasteiger partial charge on any atom is 0.259 e. The van der Waals surface area contributed by atoms with E-state index in [-0.39, 0.29) is 36.9 Å². The molecule has 0 radical (unpaired) electrons. The molecule has 1 aromatic rings. The maximum absolute atomic E-state index is 13.8. The third-order valence-electron chi connectivity index (χ3n) is 8.16. The van der Waals surface area contributed by atoms with E-state index in [4.69, 9.17) is 10.5 Å². The minimum absolute atomic E-state index is 0.0138. The van der Waals surface area contributed by atoms with Crippen molar-refractivity contribution in [2.45, 2.75) is 69.1 Å². The summed E-state index contributed by atoms with van der Waals surface area (Å²) in [6.45, 7) is 6.29. The van der Waals surface area contributed by atoms with E-state index in [1.165, 1.54) is 4.68 Å². The van der Waals surface area contributed by atoms with Crippen molar-refractivity contribution in [2.24, 2.45) is 0 Å². The van der Waals surface area contributed by atoms with Crippen LogP contribution in [0.15, 0.2) is 0 Å². The average molecular weight is 493 g/mol. The number of ether oxygens (including phenoxy) is 1. The van der Waals surface area contributed by atoms with Gasteiger partial charge in [0.25, 0.3) is 5.91 Å². The molecule has 3 fully saturated rings. The van der Waals surface area contributed by atoms with Gasteiger partial charge >= 0.3 is 0 Å². The van der Waals surface area contributed by atoms with Gasteiger partial charge in [0, 0.05) is 45.3 Å². The SMILES string of the molecule is CN1CCC(OC2CCN(C3CCN(C)CC3NC(=O)c3c(N)nn4c3NCC(F)C4)CC2)CC1. The average Bonchev–Trinajstić information content (AvgIpc) is 3.16. The number of rotatable bonds is 5. The zero-order chi connectivity index (χ0) is 24.5. The van der Waals surface area contributed by atoms with Gasteiger partial charge in [0.15, 0.2) is 5.82 Å². The number of piperidine rings is 3. The molecule has 4 aliphatic heterocycles. The molecule has 1 aromatic heterocycles. The van der Waals surface area contributed by atoms with E-state index < -0.39 is 6.17 Å². The highest BCUT2D eigenvalue weighted by molar-refractivity contribution is 6.03. The van der Waals surface area contributed by atoms with E-state index in [1.807, 2.05) is 0 Å². The molecule has 35 heavy (non-hydrogen) atoms. The lowest BCUT2D eigenvalue weighted by molar-refractivity contribution is -0.0706. The molecule has 0 aliphatic carbocycles. The Morgan fingerprint density at radius 2 is 1.69 bits per heavy atom. The number of fused-ring (bicyclic) bond motifs is 1. The molecule has 4 aliphatic rings. The molecule has 4 N–H and O–H groups in total. The largest absolute Gasteiger partial charge is 0.381 e. The Morgan fingerprint density at radius 1 is 1.03 bits per heavy atom. The Balaban J connectivity index is 1.20. The summed E-state index contributed by atoms with van der Waals surface area (Å²) in [6.07, 6.45) is 5.03. The van der Waals surface area contributed by atoms with Crippen molar-refractivity contribution in [3.05, 3.63) is 5.56 Å². The minimum atomic E-state index is -1.04. The van der Waals surface area contributed by atoms with Gasteiger partial charge in [-0.3, -0.25) is 9.69 Å². The van der Waals surface area contributed by atoms with E-state index >= 15 is 0 Å². The Hall–Kier alpha value is -1.95. The van der Waals surface area contributed by atoms with Crippen LogP contribution in [0.2, 0.25) is 0 Å². The van der Waals surface area contributed by atoms with Crippen LogP contribution in [-0.2, 0) is 11.3 Å². The fourth-order valence-electron chi connectivity index (χ4n) is 6.13. The van der Waals surface area contributed by atoms with Crippen molar-refractivity contribution in [1.29, 1.82) is 0 Å². The molecule has 3 unspecified atom stereocenters. The van der Waals surface area contributed by atoms with Gasteiger partial charge in [0.05, 0.1) is 24.8 Å². The van der Waals surface area contributed by atoms with E-state index in [2.05, 4.69) is 44.5 Å². The zero-order valence-electron chi connectivity index (χ0n) is 21.1. The molecule has 11 heteroatoms. The molecule has 10 nitrogen and oxygen atoms in total. The van der Waals surface area contributed by atoms with Crippen LogP contribution in [0.25, 0.3) is 0 Å². The van der Waals surface area contributed by atoms with Crippen molar-refractivity contribution >= 4 is 17.5 Å². The number of nitrogens with zero attached hydrogens (tertiary/aromatic N) is 5. The Kier molecular flexibility index (Phi) is 7.47. The lowest BCUT2D eigenvalue weighted by Gasteiger charge is -2.46. The van der Waals surface area contributed by atoms with E-state index in [0.717, 1.165) is 71.4 Å². The molecule has 1 amide bonds. The molecular formula is C24H41FN8O2. The molecule has 3 atom stereocenters. The summed E-state index contributed by atoms with van der Waals surface area (Å²) in [7, 11) is 4.27. The summed E-state index contributed by atoms with van der Waals surface area (Å²) in [5, 5.41) is 10.4. The first kappa shape index (κ1) is 24.7. The van der Waals surface area contributed by atoms with Crippen LogP contribution in [0.1, 0.15) is 42.5 Å². The summed E-state index contributed by atoms with van der Waals surface area (Å²) in [5.41, 5.74) is 6.41. The maximum atomic E-state index is 13.8. The predicted molar refractivity (Wildman–Crippen MR) is 133 cm³/mol. The number of hydrogen-bond acceptors (Lipinski definition) is 8. The van der Waals surface area contributed by atoms with Gasteiger partial charge < -0.3 is 30.9 Å². The van der Waals surface area contributed by atoms with Crippen molar-refractivity contribution in [3.63, 3.8) is 0 Å². The van der Waals surface area contributed by atoms with Crippen LogP contribution in [0.5, 0.6) is 0 Å². The van der Waals surface area contributed by atoms with Gasteiger partial charge in [-0.15, -0.1) is 0 Å². The number of carbonyl (C=O) groups is 1. The fraction of sp³-hybridized carbons (Fsp3) is 0.833. The van der Waals surface area contributed by atoms with E-state index in [9.17, 15) is 9.18 Å². The number of nitrogens with two attached hydrogens (primary N) is 1. The van der Waals surface area contributed by atoms with Crippen LogP contribution >= 0.6 is 0 Å². The molecule has 5 rings (SSSR count). The van der Waals surface area contributed by atoms with Crippen molar-refractivity contribution in [3.8, 4) is 0 Å².